The summed E-state index contributed by atoms with van der Waals surface area (Å²) in [5, 5.41) is 0.763. The molecule has 0 saturated carbocycles. The van der Waals surface area contributed by atoms with Gasteiger partial charge in [-0.1, -0.05) is 35.3 Å². The van der Waals surface area contributed by atoms with Crippen LogP contribution in [-0.2, 0) is 12.7 Å². The third-order valence-corrected chi connectivity index (χ3v) is 7.22. The molecule has 4 rings (SSSR count). The van der Waals surface area contributed by atoms with E-state index in [1.807, 2.05) is 11.0 Å². The summed E-state index contributed by atoms with van der Waals surface area (Å²) >= 11 is 12.4. The van der Waals surface area contributed by atoms with E-state index in [1.165, 1.54) is 19.4 Å². The average molecular weight is 556 g/mol. The second kappa shape index (κ2) is 10.8. The number of rotatable bonds is 6. The lowest BCUT2D eigenvalue weighted by atomic mass is 9.93. The lowest BCUT2D eigenvalue weighted by molar-refractivity contribution is -0.140. The molecular weight excluding hydrogens is 533 g/mol. The highest BCUT2D eigenvalue weighted by Gasteiger charge is 2.39. The molecule has 11 heteroatoms. The molecule has 2 atom stereocenters. The number of benzene rings is 2. The maximum Gasteiger partial charge on any atom is 0.419 e. The maximum atomic E-state index is 14.2. The van der Waals surface area contributed by atoms with Crippen LogP contribution in [-0.4, -0.2) is 54.0 Å². The third-order valence-electron chi connectivity index (χ3n) is 6.48. The van der Waals surface area contributed by atoms with Gasteiger partial charge in [0.1, 0.15) is 5.82 Å². The molecule has 1 aliphatic heterocycles. The number of likely N-dealkylation sites (N-methyl/N-ethyl adjacent to an activating group) is 1. The lowest BCUT2D eigenvalue weighted by Crippen LogP contribution is -2.38. The van der Waals surface area contributed by atoms with Crippen LogP contribution in [0.3, 0.4) is 0 Å². The van der Waals surface area contributed by atoms with Crippen molar-refractivity contribution in [1.29, 1.82) is 0 Å². The van der Waals surface area contributed by atoms with Gasteiger partial charge in [0.2, 0.25) is 5.88 Å². The monoisotopic (exact) mass is 555 g/mol. The Hall–Kier alpha value is -2.88. The largest absolute Gasteiger partial charge is 0.481 e. The molecule has 1 aromatic heterocycles. The van der Waals surface area contributed by atoms with Gasteiger partial charge in [0, 0.05) is 49.4 Å². The predicted molar refractivity (Wildman–Crippen MR) is 133 cm³/mol. The molecule has 37 heavy (non-hydrogen) atoms. The minimum atomic E-state index is -4.77. The van der Waals surface area contributed by atoms with Gasteiger partial charge in [0.25, 0.3) is 5.91 Å². The fourth-order valence-corrected chi connectivity index (χ4v) is 4.90. The maximum absolute atomic E-state index is 14.2. The standard InChI is InChI=1S/C26H23Cl2F4N3O2/c1-34(12-15-3-5-19(22(29)9-15)26(30,31)32)23-14-35(25(36)17-7-8-33-24(11-17)37-2)13-18(23)16-4-6-20(27)21(28)10-16/h3-11,18,23H,12-14H2,1-2H3/t18-,23+/m1/s1. The van der Waals surface area contributed by atoms with E-state index >= 15 is 0 Å². The summed E-state index contributed by atoms with van der Waals surface area (Å²) in [5.41, 5.74) is 0.336. The van der Waals surface area contributed by atoms with Crippen molar-refractivity contribution in [2.45, 2.75) is 24.7 Å². The smallest absolute Gasteiger partial charge is 0.419 e. The van der Waals surface area contributed by atoms with Crippen LogP contribution in [0, 0.1) is 5.82 Å². The van der Waals surface area contributed by atoms with Crippen LogP contribution in [0.5, 0.6) is 5.88 Å². The van der Waals surface area contributed by atoms with Crippen molar-refractivity contribution in [2.75, 3.05) is 27.2 Å². The first-order valence-corrected chi connectivity index (χ1v) is 12.0. The predicted octanol–water partition coefficient (Wildman–Crippen LogP) is 6.30. The fourth-order valence-electron chi connectivity index (χ4n) is 4.60. The van der Waals surface area contributed by atoms with E-state index < -0.39 is 17.6 Å². The number of alkyl halides is 3. The summed E-state index contributed by atoms with van der Waals surface area (Å²) in [6, 6.07) is 11.1. The molecule has 2 heterocycles. The number of pyridine rings is 1. The van der Waals surface area contributed by atoms with Gasteiger partial charge in [-0.15, -0.1) is 0 Å². The highest BCUT2D eigenvalue weighted by molar-refractivity contribution is 6.42. The summed E-state index contributed by atoms with van der Waals surface area (Å²) in [7, 11) is 3.25. The Morgan fingerprint density at radius 1 is 1.11 bits per heavy atom. The number of ether oxygens (including phenoxy) is 1. The molecule has 0 N–H and O–H groups in total. The number of aromatic nitrogens is 1. The zero-order valence-electron chi connectivity index (χ0n) is 19.9. The van der Waals surface area contributed by atoms with Gasteiger partial charge in [-0.3, -0.25) is 9.69 Å². The van der Waals surface area contributed by atoms with E-state index in [-0.39, 0.29) is 24.4 Å². The zero-order valence-corrected chi connectivity index (χ0v) is 21.4. The molecule has 1 aliphatic rings. The molecule has 3 aromatic rings. The normalized spacial score (nSPS) is 17.9. The highest BCUT2D eigenvalue weighted by atomic mass is 35.5. The average Bonchev–Trinajstić information content (AvgIpc) is 3.30. The Morgan fingerprint density at radius 2 is 1.86 bits per heavy atom. The van der Waals surface area contributed by atoms with Crippen LogP contribution >= 0.6 is 23.2 Å². The lowest BCUT2D eigenvalue weighted by Gasteiger charge is -2.29. The number of carbonyl (C=O) groups is 1. The minimum absolute atomic E-state index is 0.169. The van der Waals surface area contributed by atoms with Gasteiger partial charge < -0.3 is 9.64 Å². The number of hydrogen-bond acceptors (Lipinski definition) is 4. The molecule has 0 radical (unpaired) electrons. The Bertz CT molecular complexity index is 1310. The number of methoxy groups -OCH3 is 1. The van der Waals surface area contributed by atoms with Crippen molar-refractivity contribution >= 4 is 29.1 Å². The van der Waals surface area contributed by atoms with Gasteiger partial charge in [-0.05, 0) is 48.5 Å². The van der Waals surface area contributed by atoms with Gasteiger partial charge in [-0.25, -0.2) is 9.37 Å². The summed E-state index contributed by atoms with van der Waals surface area (Å²) in [6.07, 6.45) is -3.28. The summed E-state index contributed by atoms with van der Waals surface area (Å²) in [4.78, 5) is 21.0. The Labute approximate surface area is 221 Å². The van der Waals surface area contributed by atoms with Crippen LogP contribution in [0.25, 0.3) is 0 Å². The quantitative estimate of drug-likeness (QED) is 0.335. The van der Waals surface area contributed by atoms with Crippen molar-refractivity contribution < 1.29 is 27.1 Å². The molecule has 0 aliphatic carbocycles. The van der Waals surface area contributed by atoms with Crippen molar-refractivity contribution in [1.82, 2.24) is 14.8 Å². The van der Waals surface area contributed by atoms with Crippen LogP contribution in [0.2, 0.25) is 10.0 Å². The Balaban J connectivity index is 1.61. The summed E-state index contributed by atoms with van der Waals surface area (Å²) in [6.45, 7) is 0.856. The molecule has 5 nitrogen and oxygen atoms in total. The summed E-state index contributed by atoms with van der Waals surface area (Å²) in [5.74, 6) is -1.42. The molecule has 1 amide bonds. The van der Waals surface area contributed by atoms with Gasteiger partial charge >= 0.3 is 6.18 Å². The molecule has 1 saturated heterocycles. The highest BCUT2D eigenvalue weighted by Crippen LogP contribution is 2.36. The van der Waals surface area contributed by atoms with Gasteiger partial charge in [0.15, 0.2) is 0 Å². The number of hydrogen-bond donors (Lipinski definition) is 0. The van der Waals surface area contributed by atoms with Crippen LogP contribution < -0.4 is 4.74 Å². The van der Waals surface area contributed by atoms with E-state index in [9.17, 15) is 22.4 Å². The first-order valence-electron chi connectivity index (χ1n) is 11.3. The van der Waals surface area contributed by atoms with E-state index in [0.29, 0.717) is 40.1 Å². The first kappa shape index (κ1) is 27.2. The number of halogens is 6. The van der Waals surface area contributed by atoms with E-state index in [1.54, 1.807) is 36.2 Å². The fraction of sp³-hybridized carbons (Fsp3) is 0.308. The van der Waals surface area contributed by atoms with Crippen LogP contribution in [0.1, 0.15) is 33.0 Å². The number of nitrogens with zero attached hydrogens (tertiary/aromatic N) is 3. The minimum Gasteiger partial charge on any atom is -0.481 e. The molecule has 1 fully saturated rings. The first-order chi connectivity index (χ1) is 17.5. The molecule has 0 unspecified atom stereocenters. The second-order valence-corrected chi connectivity index (χ2v) is 9.69. The molecule has 0 spiro atoms. The Kier molecular flexibility index (Phi) is 7.96. The SMILES string of the molecule is COc1cc(C(=O)N2C[C@H](c3ccc(Cl)c(Cl)c3)[C@@H](N(C)Cc3ccc(C(F)(F)F)c(F)c3)C2)ccn1. The van der Waals surface area contributed by atoms with Gasteiger partial charge in [-0.2, -0.15) is 13.2 Å². The van der Waals surface area contributed by atoms with Crippen molar-refractivity contribution in [3.63, 3.8) is 0 Å². The second-order valence-electron chi connectivity index (χ2n) is 8.87. The molecule has 2 aromatic carbocycles. The van der Waals surface area contributed by atoms with Crippen molar-refractivity contribution in [3.05, 3.63) is 92.8 Å². The Morgan fingerprint density at radius 3 is 2.51 bits per heavy atom. The zero-order chi connectivity index (χ0) is 26.9. The van der Waals surface area contributed by atoms with Crippen molar-refractivity contribution in [3.8, 4) is 5.88 Å². The number of likely N-dealkylation sites (tertiary alicyclic amines) is 1. The van der Waals surface area contributed by atoms with Crippen LogP contribution in [0.4, 0.5) is 17.6 Å². The van der Waals surface area contributed by atoms with Crippen LogP contribution in [0.15, 0.2) is 54.7 Å². The van der Waals surface area contributed by atoms with Crippen molar-refractivity contribution in [2.24, 2.45) is 0 Å². The topological polar surface area (TPSA) is 45.7 Å². The molecule has 0 bridgehead atoms. The number of carbonyl (C=O) groups excluding carboxylic acids is 1. The van der Waals surface area contributed by atoms with Gasteiger partial charge in [0.05, 0.1) is 22.7 Å². The number of amides is 1. The molecule has 196 valence electrons. The van der Waals surface area contributed by atoms with E-state index in [0.717, 1.165) is 17.7 Å². The summed E-state index contributed by atoms with van der Waals surface area (Å²) < 4.78 is 58.2. The van der Waals surface area contributed by atoms with E-state index in [2.05, 4.69) is 4.98 Å². The van der Waals surface area contributed by atoms with E-state index in [4.69, 9.17) is 27.9 Å². The third kappa shape index (κ3) is 6.00. The molecular formula is C26H23Cl2F4N3O2.